The Kier molecular flexibility index (Phi) is 5.81. The second kappa shape index (κ2) is 9.01. The summed E-state index contributed by atoms with van der Waals surface area (Å²) in [4.78, 5) is 21.5. The number of hydrogen-bond donors (Lipinski definition) is 1. The monoisotopic (exact) mass is 408 g/mol. The van der Waals surface area contributed by atoms with Crippen molar-refractivity contribution in [3.8, 4) is 23.4 Å². The smallest absolute Gasteiger partial charge is 0.256 e. The molecule has 0 unspecified atom stereocenters. The van der Waals surface area contributed by atoms with Gasteiger partial charge in [0.05, 0.1) is 0 Å². The molecule has 1 amide bonds. The first kappa shape index (κ1) is 20.0. The Morgan fingerprint density at radius 3 is 2.71 bits per heavy atom. The lowest BCUT2D eigenvalue weighted by Gasteiger charge is -2.10. The topological polar surface area (TPSA) is 85.6 Å². The number of amides is 1. The molecule has 152 valence electrons. The highest BCUT2D eigenvalue weighted by molar-refractivity contribution is 6.04. The summed E-state index contributed by atoms with van der Waals surface area (Å²) in [5.74, 6) is 6.85. The molecule has 0 aliphatic heterocycles. The molecule has 1 aromatic carbocycles. The van der Waals surface area contributed by atoms with Crippen LogP contribution in [-0.4, -0.2) is 30.6 Å². The first-order chi connectivity index (χ1) is 15.1. The molecule has 3 heterocycles. The average molecular weight is 408 g/mol. The summed E-state index contributed by atoms with van der Waals surface area (Å²) in [6.07, 6.45) is 3.36. The van der Waals surface area contributed by atoms with Crippen LogP contribution in [0.1, 0.15) is 41.5 Å². The maximum Gasteiger partial charge on any atom is 0.256 e. The molecule has 1 N–H and O–H groups in total. The van der Waals surface area contributed by atoms with Gasteiger partial charge in [-0.1, -0.05) is 24.1 Å². The van der Waals surface area contributed by atoms with Crippen LogP contribution in [0.4, 0.5) is 5.82 Å². The van der Waals surface area contributed by atoms with Crippen LogP contribution >= 0.6 is 0 Å². The number of benzene rings is 1. The molecular formula is C24H20N6O. The van der Waals surface area contributed by atoms with E-state index < -0.39 is 0 Å². The maximum absolute atomic E-state index is 12.8. The molecule has 4 aromatic rings. The first-order valence-electron chi connectivity index (χ1n) is 9.81. The SMILES string of the molecule is CC(C)n1cnnc1-c1cccc(NC(=O)c2cccc(C#Cc3ccccn3)c2)n1. The zero-order valence-corrected chi connectivity index (χ0v) is 17.1. The van der Waals surface area contributed by atoms with E-state index in [-0.39, 0.29) is 11.9 Å². The van der Waals surface area contributed by atoms with Gasteiger partial charge in [-0.25, -0.2) is 9.97 Å². The van der Waals surface area contributed by atoms with Gasteiger partial charge in [0.2, 0.25) is 0 Å². The number of nitrogens with zero attached hydrogens (tertiary/aromatic N) is 5. The van der Waals surface area contributed by atoms with Crippen molar-refractivity contribution in [2.45, 2.75) is 19.9 Å². The number of aromatic nitrogens is 5. The number of nitrogens with one attached hydrogen (secondary N) is 1. The van der Waals surface area contributed by atoms with Crippen LogP contribution in [-0.2, 0) is 0 Å². The molecule has 0 radical (unpaired) electrons. The molecule has 4 rings (SSSR count). The van der Waals surface area contributed by atoms with Crippen molar-refractivity contribution in [1.29, 1.82) is 0 Å². The highest BCUT2D eigenvalue weighted by Crippen LogP contribution is 2.20. The van der Waals surface area contributed by atoms with Crippen molar-refractivity contribution in [2.24, 2.45) is 0 Å². The minimum absolute atomic E-state index is 0.194. The molecule has 31 heavy (non-hydrogen) atoms. The van der Waals surface area contributed by atoms with Gasteiger partial charge in [0, 0.05) is 23.4 Å². The van der Waals surface area contributed by atoms with Crippen LogP contribution in [0.3, 0.4) is 0 Å². The minimum atomic E-state index is -0.267. The maximum atomic E-state index is 12.8. The molecule has 0 aliphatic rings. The summed E-state index contributed by atoms with van der Waals surface area (Å²) in [7, 11) is 0. The second-order valence-corrected chi connectivity index (χ2v) is 7.06. The Morgan fingerprint density at radius 2 is 1.90 bits per heavy atom. The van der Waals surface area contributed by atoms with E-state index in [9.17, 15) is 4.79 Å². The van der Waals surface area contributed by atoms with Gasteiger partial charge >= 0.3 is 0 Å². The van der Waals surface area contributed by atoms with Crippen LogP contribution < -0.4 is 5.32 Å². The van der Waals surface area contributed by atoms with Gasteiger partial charge in [-0.2, -0.15) is 0 Å². The van der Waals surface area contributed by atoms with Crippen molar-refractivity contribution in [3.63, 3.8) is 0 Å². The molecule has 0 bridgehead atoms. The summed E-state index contributed by atoms with van der Waals surface area (Å²) in [5, 5.41) is 11.0. The lowest BCUT2D eigenvalue weighted by Crippen LogP contribution is -2.13. The molecule has 0 saturated carbocycles. The third kappa shape index (κ3) is 4.82. The Balaban J connectivity index is 1.53. The summed E-state index contributed by atoms with van der Waals surface area (Å²) >= 11 is 0. The number of carbonyl (C=O) groups is 1. The third-order valence-corrected chi connectivity index (χ3v) is 4.47. The van der Waals surface area contributed by atoms with Crippen LogP contribution in [0.15, 0.2) is 73.2 Å². The molecule has 0 atom stereocenters. The van der Waals surface area contributed by atoms with Crippen LogP contribution in [0.5, 0.6) is 0 Å². The van der Waals surface area contributed by atoms with Crippen molar-refractivity contribution < 1.29 is 4.79 Å². The fourth-order valence-electron chi connectivity index (χ4n) is 2.93. The number of rotatable bonds is 4. The second-order valence-electron chi connectivity index (χ2n) is 7.06. The molecule has 7 nitrogen and oxygen atoms in total. The van der Waals surface area contributed by atoms with Crippen molar-refractivity contribution in [2.75, 3.05) is 5.32 Å². The zero-order chi connectivity index (χ0) is 21.6. The Morgan fingerprint density at radius 1 is 1.03 bits per heavy atom. The van der Waals surface area contributed by atoms with Gasteiger partial charge in [-0.05, 0) is 62.2 Å². The Bertz CT molecular complexity index is 1270. The van der Waals surface area contributed by atoms with E-state index in [2.05, 4.69) is 37.3 Å². The lowest BCUT2D eigenvalue weighted by atomic mass is 10.1. The van der Waals surface area contributed by atoms with Gasteiger partial charge < -0.3 is 9.88 Å². The number of hydrogen-bond acceptors (Lipinski definition) is 5. The number of carbonyl (C=O) groups excluding carboxylic acids is 1. The molecule has 7 heteroatoms. The quantitative estimate of drug-likeness (QED) is 0.517. The van der Waals surface area contributed by atoms with E-state index in [1.807, 2.05) is 54.8 Å². The van der Waals surface area contributed by atoms with E-state index in [4.69, 9.17) is 0 Å². The Labute approximate surface area is 180 Å². The highest BCUT2D eigenvalue weighted by Gasteiger charge is 2.13. The van der Waals surface area contributed by atoms with E-state index in [0.29, 0.717) is 28.6 Å². The first-order valence-corrected chi connectivity index (χ1v) is 9.81. The highest BCUT2D eigenvalue weighted by atomic mass is 16.1. The van der Waals surface area contributed by atoms with Gasteiger partial charge in [0.25, 0.3) is 5.91 Å². The third-order valence-electron chi connectivity index (χ3n) is 4.47. The molecule has 0 aliphatic carbocycles. The zero-order valence-electron chi connectivity index (χ0n) is 17.1. The normalized spacial score (nSPS) is 10.4. The summed E-state index contributed by atoms with van der Waals surface area (Å²) in [6, 6.07) is 18.3. The molecule has 3 aromatic heterocycles. The molecule has 0 saturated heterocycles. The standard InChI is InChI=1S/C24H20N6O/c1-17(2)30-16-26-29-23(30)21-10-6-11-22(27-21)28-24(31)19-8-5-7-18(15-19)12-13-20-9-3-4-14-25-20/h3-11,14-17H,1-2H3,(H,27,28,31). The lowest BCUT2D eigenvalue weighted by molar-refractivity contribution is 0.102. The predicted molar refractivity (Wildman–Crippen MR) is 118 cm³/mol. The Hall–Kier alpha value is -4.31. The summed E-state index contributed by atoms with van der Waals surface area (Å²) in [6.45, 7) is 4.09. The van der Waals surface area contributed by atoms with Crippen molar-refractivity contribution >= 4 is 11.7 Å². The fourth-order valence-corrected chi connectivity index (χ4v) is 2.93. The van der Waals surface area contributed by atoms with Crippen LogP contribution in [0.25, 0.3) is 11.5 Å². The number of anilines is 1. The van der Waals surface area contributed by atoms with Crippen LogP contribution in [0, 0.1) is 11.8 Å². The van der Waals surface area contributed by atoms with Gasteiger partial charge in [0.15, 0.2) is 5.82 Å². The molecule has 0 fully saturated rings. The fraction of sp³-hybridized carbons (Fsp3) is 0.125. The average Bonchev–Trinajstić information content (AvgIpc) is 3.29. The van der Waals surface area contributed by atoms with E-state index in [1.165, 1.54) is 0 Å². The minimum Gasteiger partial charge on any atom is -0.310 e. The van der Waals surface area contributed by atoms with Crippen LogP contribution in [0.2, 0.25) is 0 Å². The molecular weight excluding hydrogens is 388 g/mol. The van der Waals surface area contributed by atoms with Crippen molar-refractivity contribution in [1.82, 2.24) is 24.7 Å². The summed E-state index contributed by atoms with van der Waals surface area (Å²) < 4.78 is 1.93. The number of pyridine rings is 2. The van der Waals surface area contributed by atoms with E-state index in [0.717, 1.165) is 5.56 Å². The van der Waals surface area contributed by atoms with E-state index >= 15 is 0 Å². The van der Waals surface area contributed by atoms with Gasteiger partial charge in [-0.15, -0.1) is 10.2 Å². The largest absolute Gasteiger partial charge is 0.310 e. The van der Waals surface area contributed by atoms with Crippen molar-refractivity contribution in [3.05, 3.63) is 90.0 Å². The molecule has 0 spiro atoms. The summed E-state index contributed by atoms with van der Waals surface area (Å²) in [5.41, 5.74) is 2.53. The van der Waals surface area contributed by atoms with Gasteiger partial charge in [0.1, 0.15) is 23.5 Å². The van der Waals surface area contributed by atoms with Gasteiger partial charge in [-0.3, -0.25) is 4.79 Å². The van der Waals surface area contributed by atoms with E-state index in [1.54, 1.807) is 36.8 Å². The predicted octanol–water partition coefficient (Wildman–Crippen LogP) is 3.97.